The lowest BCUT2D eigenvalue weighted by molar-refractivity contribution is -0.146. The summed E-state index contributed by atoms with van der Waals surface area (Å²) in [5.74, 6) is -0.377. The number of rotatable bonds is 3. The molecular weight excluding hydrogens is 288 g/mol. The summed E-state index contributed by atoms with van der Waals surface area (Å²) in [5.41, 5.74) is 5.22. The van der Waals surface area contributed by atoms with Gasteiger partial charge in [0.2, 0.25) is 5.91 Å². The van der Waals surface area contributed by atoms with Crippen LogP contribution in [0.25, 0.3) is 0 Å². The van der Waals surface area contributed by atoms with Gasteiger partial charge in [0.05, 0.1) is 23.4 Å². The van der Waals surface area contributed by atoms with Crippen molar-refractivity contribution >= 4 is 29.1 Å². The molecule has 118 valence electrons. The molecule has 1 aliphatic carbocycles. The van der Waals surface area contributed by atoms with Crippen LogP contribution in [-0.2, 0) is 14.3 Å². The Morgan fingerprint density at radius 2 is 1.86 bits per heavy atom. The fourth-order valence-corrected chi connectivity index (χ4v) is 3.91. The molecule has 0 radical (unpaired) electrons. The first-order chi connectivity index (χ1) is 9.92. The first-order valence-electron chi connectivity index (χ1n) is 7.59. The third-order valence-corrected chi connectivity index (χ3v) is 5.38. The predicted octanol–water partition coefficient (Wildman–Crippen LogP) is 1.49. The highest BCUT2D eigenvalue weighted by molar-refractivity contribution is 7.80. The van der Waals surface area contributed by atoms with Gasteiger partial charge in [0, 0.05) is 13.1 Å². The Morgan fingerprint density at radius 1 is 1.24 bits per heavy atom. The lowest BCUT2D eigenvalue weighted by Gasteiger charge is -2.37. The zero-order chi connectivity index (χ0) is 15.6. The van der Waals surface area contributed by atoms with Gasteiger partial charge >= 0.3 is 5.97 Å². The van der Waals surface area contributed by atoms with Crippen LogP contribution in [0.2, 0.25) is 0 Å². The van der Waals surface area contributed by atoms with Gasteiger partial charge in [-0.15, -0.1) is 0 Å². The molecule has 0 aromatic heterocycles. The van der Waals surface area contributed by atoms with Crippen LogP contribution < -0.4 is 5.73 Å². The van der Waals surface area contributed by atoms with Crippen LogP contribution >= 0.6 is 12.2 Å². The van der Waals surface area contributed by atoms with Gasteiger partial charge in [-0.2, -0.15) is 0 Å². The van der Waals surface area contributed by atoms with Gasteiger partial charge in [0.25, 0.3) is 0 Å². The highest BCUT2D eigenvalue weighted by atomic mass is 32.1. The standard InChI is InChI=1S/C15H24N2O3S/c1-10-8-17(9-11(10)12(18)20-2)14(19)15(13(16)21)6-4-3-5-7-15/h10-11H,3-9H2,1-2H3,(H2,16,21). The Balaban J connectivity index is 2.15. The van der Waals surface area contributed by atoms with Crippen LogP contribution in [-0.4, -0.2) is 42.0 Å². The smallest absolute Gasteiger partial charge is 0.310 e. The summed E-state index contributed by atoms with van der Waals surface area (Å²) in [5, 5.41) is 0. The zero-order valence-corrected chi connectivity index (χ0v) is 13.6. The van der Waals surface area contributed by atoms with E-state index in [1.54, 1.807) is 4.90 Å². The summed E-state index contributed by atoms with van der Waals surface area (Å²) in [6, 6.07) is 0. The van der Waals surface area contributed by atoms with Crippen LogP contribution in [0.3, 0.4) is 0 Å². The number of methoxy groups -OCH3 is 1. The molecule has 0 bridgehead atoms. The minimum Gasteiger partial charge on any atom is -0.469 e. The minimum absolute atomic E-state index is 0.00736. The molecule has 0 aromatic carbocycles. The first kappa shape index (κ1) is 16.2. The predicted molar refractivity (Wildman–Crippen MR) is 83.6 cm³/mol. The molecule has 2 atom stereocenters. The molecule has 1 saturated carbocycles. The van der Waals surface area contributed by atoms with E-state index in [9.17, 15) is 9.59 Å². The Bertz CT molecular complexity index is 446. The lowest BCUT2D eigenvalue weighted by atomic mass is 9.73. The van der Waals surface area contributed by atoms with E-state index in [4.69, 9.17) is 22.7 Å². The fourth-order valence-electron chi connectivity index (χ4n) is 3.61. The number of likely N-dealkylation sites (tertiary alicyclic amines) is 1. The van der Waals surface area contributed by atoms with E-state index in [0.29, 0.717) is 18.1 Å². The summed E-state index contributed by atoms with van der Waals surface area (Å²) >= 11 is 5.21. The summed E-state index contributed by atoms with van der Waals surface area (Å²) < 4.78 is 4.82. The van der Waals surface area contributed by atoms with Crippen LogP contribution in [0.5, 0.6) is 0 Å². The van der Waals surface area contributed by atoms with Crippen LogP contribution in [0.15, 0.2) is 0 Å². The molecule has 2 rings (SSSR count). The maximum atomic E-state index is 13.0. The molecule has 0 spiro atoms. The van der Waals surface area contributed by atoms with E-state index in [1.807, 2.05) is 6.92 Å². The number of carbonyl (C=O) groups is 2. The molecule has 1 aliphatic heterocycles. The van der Waals surface area contributed by atoms with E-state index in [-0.39, 0.29) is 23.7 Å². The van der Waals surface area contributed by atoms with E-state index in [0.717, 1.165) is 32.1 Å². The van der Waals surface area contributed by atoms with Gasteiger partial charge in [0.1, 0.15) is 0 Å². The summed E-state index contributed by atoms with van der Waals surface area (Å²) in [6.45, 7) is 2.96. The largest absolute Gasteiger partial charge is 0.469 e. The average molecular weight is 312 g/mol. The molecule has 1 saturated heterocycles. The molecule has 2 fully saturated rings. The fraction of sp³-hybridized carbons (Fsp3) is 0.800. The molecule has 2 unspecified atom stereocenters. The Hall–Kier alpha value is -1.17. The summed E-state index contributed by atoms with van der Waals surface area (Å²) in [7, 11) is 1.39. The number of thiocarbonyl (C=S) groups is 1. The van der Waals surface area contributed by atoms with E-state index >= 15 is 0 Å². The van der Waals surface area contributed by atoms with Crippen molar-refractivity contribution in [2.24, 2.45) is 23.0 Å². The van der Waals surface area contributed by atoms with Crippen molar-refractivity contribution in [3.05, 3.63) is 0 Å². The third kappa shape index (κ3) is 2.91. The Kier molecular flexibility index (Phi) is 4.86. The second-order valence-electron chi connectivity index (χ2n) is 6.32. The molecule has 6 heteroatoms. The second kappa shape index (κ2) is 6.30. The molecule has 21 heavy (non-hydrogen) atoms. The summed E-state index contributed by atoms with van der Waals surface area (Å²) in [4.78, 5) is 26.8. The monoisotopic (exact) mass is 312 g/mol. The molecule has 1 amide bonds. The van der Waals surface area contributed by atoms with E-state index in [2.05, 4.69) is 0 Å². The second-order valence-corrected chi connectivity index (χ2v) is 6.76. The molecule has 2 N–H and O–H groups in total. The first-order valence-corrected chi connectivity index (χ1v) is 8.00. The summed E-state index contributed by atoms with van der Waals surface area (Å²) in [6.07, 6.45) is 4.54. The molecule has 0 aromatic rings. The number of hydrogen-bond donors (Lipinski definition) is 1. The average Bonchev–Trinajstić information content (AvgIpc) is 2.88. The number of nitrogens with two attached hydrogens (primary N) is 1. The number of carbonyl (C=O) groups excluding carboxylic acids is 2. The zero-order valence-electron chi connectivity index (χ0n) is 12.8. The van der Waals surface area contributed by atoms with Crippen LogP contribution in [0.4, 0.5) is 0 Å². The van der Waals surface area contributed by atoms with Crippen molar-refractivity contribution in [1.29, 1.82) is 0 Å². The van der Waals surface area contributed by atoms with Crippen molar-refractivity contribution in [3.8, 4) is 0 Å². The third-order valence-electron chi connectivity index (χ3n) is 4.99. The van der Waals surface area contributed by atoms with Crippen molar-refractivity contribution in [3.63, 3.8) is 0 Å². The highest BCUT2D eigenvalue weighted by Crippen LogP contribution is 2.40. The molecular formula is C15H24N2O3S. The van der Waals surface area contributed by atoms with Gasteiger partial charge < -0.3 is 15.4 Å². The number of esters is 1. The van der Waals surface area contributed by atoms with Crippen LogP contribution in [0, 0.1) is 17.3 Å². The SMILES string of the molecule is COC(=O)C1CN(C(=O)C2(C(N)=S)CCCCC2)CC1C. The van der Waals surface area contributed by atoms with E-state index in [1.165, 1.54) is 7.11 Å². The topological polar surface area (TPSA) is 72.6 Å². The van der Waals surface area contributed by atoms with Gasteiger partial charge in [-0.1, -0.05) is 38.4 Å². The van der Waals surface area contributed by atoms with Crippen molar-refractivity contribution in [1.82, 2.24) is 4.90 Å². The van der Waals surface area contributed by atoms with E-state index < -0.39 is 5.41 Å². The van der Waals surface area contributed by atoms with Crippen molar-refractivity contribution in [2.75, 3.05) is 20.2 Å². The molecule has 5 nitrogen and oxygen atoms in total. The highest BCUT2D eigenvalue weighted by Gasteiger charge is 2.48. The lowest BCUT2D eigenvalue weighted by Crippen LogP contribution is -2.51. The minimum atomic E-state index is -0.696. The quantitative estimate of drug-likeness (QED) is 0.631. The van der Waals surface area contributed by atoms with Gasteiger partial charge in [0.15, 0.2) is 0 Å². The Labute approximate surface area is 131 Å². The number of hydrogen-bond acceptors (Lipinski definition) is 4. The van der Waals surface area contributed by atoms with Gasteiger partial charge in [-0.25, -0.2) is 0 Å². The van der Waals surface area contributed by atoms with Gasteiger partial charge in [-0.05, 0) is 18.8 Å². The number of amides is 1. The number of nitrogens with zero attached hydrogens (tertiary/aromatic N) is 1. The van der Waals surface area contributed by atoms with Crippen LogP contribution in [0.1, 0.15) is 39.0 Å². The molecule has 2 aliphatic rings. The maximum Gasteiger partial charge on any atom is 0.310 e. The molecule has 1 heterocycles. The maximum absolute atomic E-state index is 13.0. The Morgan fingerprint density at radius 3 is 2.38 bits per heavy atom. The normalized spacial score (nSPS) is 28.2. The number of ether oxygens (including phenoxy) is 1. The van der Waals surface area contributed by atoms with Gasteiger partial charge in [-0.3, -0.25) is 9.59 Å². The van der Waals surface area contributed by atoms with Crippen molar-refractivity contribution < 1.29 is 14.3 Å². The van der Waals surface area contributed by atoms with Crippen molar-refractivity contribution in [2.45, 2.75) is 39.0 Å².